The Morgan fingerprint density at radius 1 is 1.31 bits per heavy atom. The van der Waals surface area contributed by atoms with Gasteiger partial charge in [0.1, 0.15) is 0 Å². The van der Waals surface area contributed by atoms with Gasteiger partial charge in [-0.1, -0.05) is 17.3 Å². The van der Waals surface area contributed by atoms with E-state index >= 15 is 0 Å². The summed E-state index contributed by atoms with van der Waals surface area (Å²) in [6, 6.07) is 8.28. The molecular weight excluding hydrogens is 204 g/mol. The number of nitrogens with two attached hydrogens (primary N) is 1. The first-order valence-electron chi connectivity index (χ1n) is 5.12. The number of nitrogens with zero attached hydrogens (tertiary/aromatic N) is 2. The van der Waals surface area contributed by atoms with E-state index in [1.54, 1.807) is 6.92 Å². The molecular formula is C11H14N4O. The normalized spacial score (nSPS) is 10.3. The van der Waals surface area contributed by atoms with E-state index in [0.717, 1.165) is 18.7 Å². The van der Waals surface area contributed by atoms with Crippen molar-refractivity contribution in [2.45, 2.75) is 13.3 Å². The molecule has 5 heteroatoms. The first-order chi connectivity index (χ1) is 7.74. The Kier molecular flexibility index (Phi) is 3.05. The molecule has 0 unspecified atom stereocenters. The smallest absolute Gasteiger partial charge is 0.321 e. The molecule has 0 saturated heterocycles. The fraction of sp³-hybridized carbons (Fsp3) is 0.273. The summed E-state index contributed by atoms with van der Waals surface area (Å²) in [5.41, 5.74) is 7.60. The van der Waals surface area contributed by atoms with E-state index in [9.17, 15) is 0 Å². The number of benzene rings is 1. The standard InChI is InChI=1S/C11H14N4O/c1-8-14-11(16-15-8)13-7-6-9-2-4-10(12)5-3-9/h2-5H,6-7,12H2,1H3,(H,13,14,15). The van der Waals surface area contributed by atoms with Crippen LogP contribution in [0.25, 0.3) is 0 Å². The van der Waals surface area contributed by atoms with Crippen molar-refractivity contribution < 1.29 is 4.52 Å². The van der Waals surface area contributed by atoms with Gasteiger partial charge < -0.3 is 15.6 Å². The summed E-state index contributed by atoms with van der Waals surface area (Å²) < 4.78 is 4.93. The Bertz CT molecular complexity index is 449. The van der Waals surface area contributed by atoms with Gasteiger partial charge in [-0.2, -0.15) is 4.98 Å². The lowest BCUT2D eigenvalue weighted by atomic mass is 10.1. The van der Waals surface area contributed by atoms with Gasteiger partial charge in [-0.05, 0) is 31.0 Å². The van der Waals surface area contributed by atoms with E-state index in [0.29, 0.717) is 11.8 Å². The average molecular weight is 218 g/mol. The summed E-state index contributed by atoms with van der Waals surface area (Å²) in [4.78, 5) is 4.05. The third kappa shape index (κ3) is 2.73. The Morgan fingerprint density at radius 2 is 2.06 bits per heavy atom. The summed E-state index contributed by atoms with van der Waals surface area (Å²) in [6.45, 7) is 2.54. The van der Waals surface area contributed by atoms with Crippen LogP contribution in [0.4, 0.5) is 11.7 Å². The number of hydrogen-bond acceptors (Lipinski definition) is 5. The van der Waals surface area contributed by atoms with Crippen LogP contribution in [-0.4, -0.2) is 16.7 Å². The molecule has 0 bridgehead atoms. The van der Waals surface area contributed by atoms with Crippen LogP contribution in [0.2, 0.25) is 0 Å². The predicted octanol–water partition coefficient (Wildman–Crippen LogP) is 1.61. The first-order valence-corrected chi connectivity index (χ1v) is 5.12. The molecule has 1 aromatic heterocycles. The fourth-order valence-electron chi connectivity index (χ4n) is 1.37. The molecule has 16 heavy (non-hydrogen) atoms. The van der Waals surface area contributed by atoms with E-state index in [-0.39, 0.29) is 0 Å². The minimum Gasteiger partial charge on any atom is -0.399 e. The fourth-order valence-corrected chi connectivity index (χ4v) is 1.37. The SMILES string of the molecule is Cc1noc(NCCc2ccc(N)cc2)n1. The van der Waals surface area contributed by atoms with Crippen molar-refractivity contribution in [1.82, 2.24) is 10.1 Å². The van der Waals surface area contributed by atoms with Crippen LogP contribution >= 0.6 is 0 Å². The molecule has 0 aliphatic carbocycles. The predicted molar refractivity (Wildman–Crippen MR) is 62.1 cm³/mol. The van der Waals surface area contributed by atoms with Crippen LogP contribution in [0.5, 0.6) is 0 Å². The number of aryl methyl sites for hydroxylation is 1. The summed E-state index contributed by atoms with van der Waals surface area (Å²) in [7, 11) is 0. The van der Waals surface area contributed by atoms with Gasteiger partial charge in [0.2, 0.25) is 0 Å². The van der Waals surface area contributed by atoms with Crippen LogP contribution in [-0.2, 0) is 6.42 Å². The number of anilines is 2. The number of nitrogens with one attached hydrogen (secondary N) is 1. The largest absolute Gasteiger partial charge is 0.399 e. The van der Waals surface area contributed by atoms with Gasteiger partial charge in [0.05, 0.1) is 0 Å². The quantitative estimate of drug-likeness (QED) is 0.762. The van der Waals surface area contributed by atoms with E-state index in [1.165, 1.54) is 5.56 Å². The molecule has 1 aromatic carbocycles. The molecule has 2 aromatic rings. The highest BCUT2D eigenvalue weighted by Crippen LogP contribution is 2.07. The Labute approximate surface area is 93.7 Å². The van der Waals surface area contributed by atoms with Crippen LogP contribution in [0.1, 0.15) is 11.4 Å². The molecule has 0 aliphatic rings. The van der Waals surface area contributed by atoms with Crippen molar-refractivity contribution in [3.8, 4) is 0 Å². The lowest BCUT2D eigenvalue weighted by Gasteiger charge is -2.02. The molecule has 1 heterocycles. The van der Waals surface area contributed by atoms with Crippen LogP contribution in [0, 0.1) is 6.92 Å². The molecule has 84 valence electrons. The summed E-state index contributed by atoms with van der Waals surface area (Å²) in [5.74, 6) is 0.634. The summed E-state index contributed by atoms with van der Waals surface area (Å²) >= 11 is 0. The van der Waals surface area contributed by atoms with E-state index in [4.69, 9.17) is 10.3 Å². The molecule has 0 saturated carbocycles. The molecule has 3 N–H and O–H groups in total. The average Bonchev–Trinajstić information content (AvgIpc) is 2.67. The third-order valence-electron chi connectivity index (χ3n) is 2.20. The Balaban J connectivity index is 1.82. The van der Waals surface area contributed by atoms with E-state index in [2.05, 4.69) is 15.5 Å². The number of nitrogen functional groups attached to an aromatic ring is 1. The zero-order chi connectivity index (χ0) is 11.4. The first kappa shape index (κ1) is 10.5. The van der Waals surface area contributed by atoms with Crippen molar-refractivity contribution in [3.05, 3.63) is 35.7 Å². The van der Waals surface area contributed by atoms with Gasteiger partial charge in [0, 0.05) is 12.2 Å². The molecule has 2 rings (SSSR count). The number of aromatic nitrogens is 2. The van der Waals surface area contributed by atoms with Gasteiger partial charge in [-0.25, -0.2) is 0 Å². The number of rotatable bonds is 4. The second-order valence-corrected chi connectivity index (χ2v) is 3.57. The van der Waals surface area contributed by atoms with Gasteiger partial charge in [0.25, 0.3) is 0 Å². The maximum absolute atomic E-state index is 5.60. The molecule has 0 aliphatic heterocycles. The second kappa shape index (κ2) is 4.65. The maximum atomic E-state index is 5.60. The summed E-state index contributed by atoms with van der Waals surface area (Å²) in [6.07, 6.45) is 0.891. The van der Waals surface area contributed by atoms with Crippen molar-refractivity contribution in [2.24, 2.45) is 0 Å². The zero-order valence-electron chi connectivity index (χ0n) is 9.10. The molecule has 0 fully saturated rings. The van der Waals surface area contributed by atoms with E-state index < -0.39 is 0 Å². The van der Waals surface area contributed by atoms with Crippen LogP contribution in [0.3, 0.4) is 0 Å². The highest BCUT2D eigenvalue weighted by Gasteiger charge is 2.00. The van der Waals surface area contributed by atoms with Crippen molar-refractivity contribution in [3.63, 3.8) is 0 Å². The molecule has 0 spiro atoms. The lowest BCUT2D eigenvalue weighted by molar-refractivity contribution is 0.425. The Hall–Kier alpha value is -2.04. The van der Waals surface area contributed by atoms with Crippen molar-refractivity contribution in [2.75, 3.05) is 17.6 Å². The van der Waals surface area contributed by atoms with Crippen LogP contribution in [0.15, 0.2) is 28.8 Å². The minimum absolute atomic E-state index is 0.466. The molecule has 0 amide bonds. The highest BCUT2D eigenvalue weighted by atomic mass is 16.5. The molecule has 0 radical (unpaired) electrons. The second-order valence-electron chi connectivity index (χ2n) is 3.57. The number of hydrogen-bond donors (Lipinski definition) is 2. The van der Waals surface area contributed by atoms with Gasteiger partial charge >= 0.3 is 6.01 Å². The lowest BCUT2D eigenvalue weighted by Crippen LogP contribution is -2.05. The van der Waals surface area contributed by atoms with Crippen molar-refractivity contribution >= 4 is 11.7 Å². The summed E-state index contributed by atoms with van der Waals surface area (Å²) in [5, 5.41) is 6.75. The van der Waals surface area contributed by atoms with Crippen LogP contribution < -0.4 is 11.1 Å². The zero-order valence-corrected chi connectivity index (χ0v) is 9.10. The molecule has 5 nitrogen and oxygen atoms in total. The van der Waals surface area contributed by atoms with Gasteiger partial charge in [-0.15, -0.1) is 0 Å². The highest BCUT2D eigenvalue weighted by molar-refractivity contribution is 5.39. The van der Waals surface area contributed by atoms with Gasteiger partial charge in [-0.3, -0.25) is 0 Å². The van der Waals surface area contributed by atoms with Gasteiger partial charge in [0.15, 0.2) is 5.82 Å². The molecule has 0 atom stereocenters. The van der Waals surface area contributed by atoms with E-state index in [1.807, 2.05) is 24.3 Å². The van der Waals surface area contributed by atoms with Crippen molar-refractivity contribution in [1.29, 1.82) is 0 Å². The minimum atomic E-state index is 0.466. The third-order valence-corrected chi connectivity index (χ3v) is 2.20. The topological polar surface area (TPSA) is 77.0 Å². The Morgan fingerprint density at radius 3 is 2.69 bits per heavy atom. The maximum Gasteiger partial charge on any atom is 0.321 e. The monoisotopic (exact) mass is 218 g/mol.